The molecule has 2 amide bonds. The number of rotatable bonds is 8. The van der Waals surface area contributed by atoms with Gasteiger partial charge in [-0.15, -0.1) is 23.1 Å². The molecule has 0 unspecified atom stereocenters. The van der Waals surface area contributed by atoms with Crippen molar-refractivity contribution in [1.29, 1.82) is 0 Å². The number of hydrogen-bond acceptors (Lipinski definition) is 11. The monoisotopic (exact) mass is 497 g/mol. The number of β-lactam (4-membered cyclic amide) rings is 1. The largest absolute Gasteiger partial charge is 0.479 e. The maximum atomic E-state index is 12.9. The van der Waals surface area contributed by atoms with Gasteiger partial charge in [-0.2, -0.15) is 0 Å². The van der Waals surface area contributed by atoms with Gasteiger partial charge in [0, 0.05) is 17.7 Å². The lowest BCUT2D eigenvalue weighted by atomic mass is 9.99. The Morgan fingerprint density at radius 3 is 2.79 bits per heavy atom. The van der Waals surface area contributed by atoms with Crippen LogP contribution in [0, 0.1) is 0 Å². The summed E-state index contributed by atoms with van der Waals surface area (Å²) in [6.07, 6.45) is 1.16. The molecule has 13 nitrogen and oxygen atoms in total. The van der Waals surface area contributed by atoms with Gasteiger partial charge < -0.3 is 30.8 Å². The normalized spacial score (nSPS) is 24.8. The fourth-order valence-electron chi connectivity index (χ4n) is 3.70. The summed E-state index contributed by atoms with van der Waals surface area (Å²) in [7, 11) is 0. The molecule has 0 aromatic carbocycles. The van der Waals surface area contributed by atoms with E-state index in [1.165, 1.54) is 17.1 Å². The average Bonchev–Trinajstić information content (AvgIpc) is 3.45. The molecular formula is C18H19N5O8S2. The number of hydrogen-bond donors (Lipinski definition) is 4. The van der Waals surface area contributed by atoms with E-state index in [4.69, 9.17) is 15.6 Å². The van der Waals surface area contributed by atoms with Gasteiger partial charge in [0.05, 0.1) is 6.10 Å². The van der Waals surface area contributed by atoms with E-state index in [2.05, 4.69) is 20.3 Å². The fraction of sp³-hybridized carbons (Fsp3) is 0.444. The van der Waals surface area contributed by atoms with Crippen molar-refractivity contribution in [3.8, 4) is 0 Å². The van der Waals surface area contributed by atoms with Crippen molar-refractivity contribution in [1.82, 2.24) is 15.2 Å². The standard InChI is InChI=1S/C18H19N5O8S2/c19-18-20-8(6-33-18)11(22-31-4-10(24)25)14(26)21-12-15(27)23-13(17(28)29)7(5-32-16(12)23)9-2-1-3-30-9/h6,9,12,16H,1-5H2,(H2,19,20)(H,21,26)(H,24,25)(H,28,29)/b22-11-/t9-,12+,16+/m0/s1. The number of carboxylic acid groups (broad SMARTS) is 2. The number of nitrogens with two attached hydrogens (primary N) is 1. The lowest BCUT2D eigenvalue weighted by Crippen LogP contribution is -2.71. The van der Waals surface area contributed by atoms with Crippen molar-refractivity contribution >= 4 is 57.7 Å². The Kier molecular flexibility index (Phi) is 6.53. The molecule has 3 atom stereocenters. The number of ether oxygens (including phenoxy) is 1. The number of nitrogens with zero attached hydrogens (tertiary/aromatic N) is 3. The van der Waals surface area contributed by atoms with Crippen LogP contribution in [0.15, 0.2) is 21.8 Å². The second-order valence-corrected chi connectivity index (χ2v) is 9.21. The minimum absolute atomic E-state index is 0.0482. The number of oxime groups is 1. The quantitative estimate of drug-likeness (QED) is 0.204. The summed E-state index contributed by atoms with van der Waals surface area (Å²) in [5.41, 5.74) is 5.75. The number of carboxylic acids is 2. The maximum absolute atomic E-state index is 12.9. The number of fused-ring (bicyclic) bond motifs is 1. The topological polar surface area (TPSA) is 194 Å². The Hall–Kier alpha value is -3.17. The minimum Gasteiger partial charge on any atom is -0.479 e. The summed E-state index contributed by atoms with van der Waals surface area (Å²) in [5.74, 6) is -3.61. The molecule has 0 bridgehead atoms. The highest BCUT2D eigenvalue weighted by molar-refractivity contribution is 8.00. The van der Waals surface area contributed by atoms with Crippen LogP contribution in [0.1, 0.15) is 18.5 Å². The third-order valence-corrected chi connectivity index (χ3v) is 7.10. The number of thiazole rings is 1. The molecule has 1 aromatic heterocycles. The zero-order chi connectivity index (χ0) is 23.7. The lowest BCUT2D eigenvalue weighted by Gasteiger charge is -2.49. The summed E-state index contributed by atoms with van der Waals surface area (Å²) in [5, 5.41) is 25.5. The van der Waals surface area contributed by atoms with E-state index in [0.717, 1.165) is 22.7 Å². The first kappa shape index (κ1) is 23.0. The van der Waals surface area contributed by atoms with Crippen LogP contribution in [0.25, 0.3) is 0 Å². The molecule has 5 N–H and O–H groups in total. The third kappa shape index (κ3) is 4.51. The van der Waals surface area contributed by atoms with Gasteiger partial charge in [-0.05, 0) is 18.4 Å². The summed E-state index contributed by atoms with van der Waals surface area (Å²) in [6.45, 7) is -0.251. The Bertz CT molecular complexity index is 1060. The van der Waals surface area contributed by atoms with Crippen LogP contribution in [0.5, 0.6) is 0 Å². The molecule has 2 saturated heterocycles. The summed E-state index contributed by atoms with van der Waals surface area (Å²) in [4.78, 5) is 58.1. The molecule has 176 valence electrons. The first-order valence-electron chi connectivity index (χ1n) is 9.74. The van der Waals surface area contributed by atoms with Crippen LogP contribution in [0.2, 0.25) is 0 Å². The smallest absolute Gasteiger partial charge is 0.352 e. The Labute approximate surface area is 194 Å². The van der Waals surface area contributed by atoms with Gasteiger partial charge in [-0.25, -0.2) is 14.6 Å². The van der Waals surface area contributed by atoms with E-state index in [0.29, 0.717) is 24.4 Å². The van der Waals surface area contributed by atoms with E-state index < -0.39 is 41.8 Å². The zero-order valence-electron chi connectivity index (χ0n) is 16.9. The van der Waals surface area contributed by atoms with E-state index >= 15 is 0 Å². The molecule has 0 aliphatic carbocycles. The summed E-state index contributed by atoms with van der Waals surface area (Å²) >= 11 is 2.36. The Balaban J connectivity index is 1.52. The molecule has 0 radical (unpaired) electrons. The number of amides is 2. The van der Waals surface area contributed by atoms with E-state index in [1.54, 1.807) is 0 Å². The number of aromatic nitrogens is 1. The van der Waals surface area contributed by atoms with Gasteiger partial charge in [-0.1, -0.05) is 5.16 Å². The van der Waals surface area contributed by atoms with Crippen molar-refractivity contribution in [2.45, 2.75) is 30.4 Å². The van der Waals surface area contributed by atoms with Crippen LogP contribution in [0.4, 0.5) is 5.13 Å². The van der Waals surface area contributed by atoms with Crippen LogP contribution >= 0.6 is 23.1 Å². The number of carbonyl (C=O) groups is 4. The Morgan fingerprint density at radius 2 is 2.18 bits per heavy atom. The molecule has 15 heteroatoms. The predicted octanol–water partition coefficient (Wildman–Crippen LogP) is -0.552. The van der Waals surface area contributed by atoms with Crippen molar-refractivity contribution in [2.75, 3.05) is 24.7 Å². The SMILES string of the molecule is Nc1nc(/C(=N/OCC(=O)O)C(=O)N[C@@H]2C(=O)N3C(C(=O)O)=C([C@@H]4CCCO4)CS[C@H]23)cs1. The van der Waals surface area contributed by atoms with Gasteiger partial charge in [0.25, 0.3) is 11.8 Å². The van der Waals surface area contributed by atoms with Gasteiger partial charge in [0.2, 0.25) is 6.61 Å². The van der Waals surface area contributed by atoms with Crippen molar-refractivity contribution in [3.05, 3.63) is 22.3 Å². The highest BCUT2D eigenvalue weighted by atomic mass is 32.2. The van der Waals surface area contributed by atoms with Gasteiger partial charge in [-0.3, -0.25) is 14.5 Å². The van der Waals surface area contributed by atoms with Crippen molar-refractivity contribution in [3.63, 3.8) is 0 Å². The number of carbonyl (C=O) groups excluding carboxylic acids is 2. The van der Waals surface area contributed by atoms with Crippen LogP contribution in [-0.2, 0) is 28.8 Å². The van der Waals surface area contributed by atoms with Crippen molar-refractivity contribution in [2.24, 2.45) is 5.16 Å². The van der Waals surface area contributed by atoms with Crippen molar-refractivity contribution < 1.29 is 39.0 Å². The minimum atomic E-state index is -1.30. The van der Waals surface area contributed by atoms with Crippen LogP contribution in [0.3, 0.4) is 0 Å². The number of aliphatic carboxylic acids is 2. The second kappa shape index (κ2) is 9.36. The average molecular weight is 498 g/mol. The predicted molar refractivity (Wildman–Crippen MR) is 115 cm³/mol. The van der Waals surface area contributed by atoms with Gasteiger partial charge >= 0.3 is 11.9 Å². The fourth-order valence-corrected chi connectivity index (χ4v) is 5.66. The number of nitrogen functional groups attached to an aromatic ring is 1. The lowest BCUT2D eigenvalue weighted by molar-refractivity contribution is -0.150. The molecule has 4 rings (SSSR count). The van der Waals surface area contributed by atoms with E-state index in [1.807, 2.05) is 0 Å². The first-order valence-corrected chi connectivity index (χ1v) is 11.7. The maximum Gasteiger partial charge on any atom is 0.352 e. The molecule has 2 fully saturated rings. The first-order chi connectivity index (χ1) is 15.8. The third-order valence-electron chi connectivity index (χ3n) is 5.13. The molecule has 33 heavy (non-hydrogen) atoms. The van der Waals surface area contributed by atoms with Gasteiger partial charge in [0.15, 0.2) is 10.8 Å². The zero-order valence-corrected chi connectivity index (χ0v) is 18.6. The molecule has 4 heterocycles. The van der Waals surface area contributed by atoms with Gasteiger partial charge in [0.1, 0.15) is 22.8 Å². The molecular weight excluding hydrogens is 478 g/mol. The van der Waals surface area contributed by atoms with Crippen LogP contribution in [-0.4, -0.2) is 86.0 Å². The number of nitrogens with one attached hydrogen (secondary N) is 1. The van der Waals surface area contributed by atoms with E-state index in [9.17, 15) is 24.3 Å². The molecule has 1 aromatic rings. The second-order valence-electron chi connectivity index (χ2n) is 7.22. The molecule has 3 aliphatic heterocycles. The number of thioether (sulfide) groups is 1. The molecule has 3 aliphatic rings. The summed E-state index contributed by atoms with van der Waals surface area (Å²) in [6, 6.07) is -1.01. The Morgan fingerprint density at radius 1 is 1.39 bits per heavy atom. The number of anilines is 1. The molecule has 0 saturated carbocycles. The van der Waals surface area contributed by atoms with Crippen LogP contribution < -0.4 is 11.1 Å². The highest BCUT2D eigenvalue weighted by Gasteiger charge is 2.55. The summed E-state index contributed by atoms with van der Waals surface area (Å²) < 4.78 is 5.61. The molecule has 0 spiro atoms. The highest BCUT2D eigenvalue weighted by Crippen LogP contribution is 2.42. The van der Waals surface area contributed by atoms with E-state index in [-0.39, 0.29) is 28.3 Å².